The van der Waals surface area contributed by atoms with E-state index < -0.39 is 0 Å². The van der Waals surface area contributed by atoms with Gasteiger partial charge in [-0.1, -0.05) is 6.92 Å². The molecule has 0 spiro atoms. The van der Waals surface area contributed by atoms with Crippen LogP contribution in [0.4, 0.5) is 10.1 Å². The number of nitrogens with zero attached hydrogens (tertiary/aromatic N) is 2. The van der Waals surface area contributed by atoms with Gasteiger partial charge in [0, 0.05) is 31.2 Å². The van der Waals surface area contributed by atoms with Crippen LogP contribution in [0.3, 0.4) is 0 Å². The zero-order valence-corrected chi connectivity index (χ0v) is 11.0. The van der Waals surface area contributed by atoms with Crippen LogP contribution in [0.1, 0.15) is 18.1 Å². The molecule has 2 rings (SSSR count). The molecule has 0 unspecified atom stereocenters. The fraction of sp³-hybridized carbons (Fsp3) is 0.267. The minimum Gasteiger partial charge on any atom is -0.398 e. The summed E-state index contributed by atoms with van der Waals surface area (Å²) in [6.07, 6.45) is 3.55. The molecule has 0 amide bonds. The predicted molar refractivity (Wildman–Crippen MR) is 74.8 cm³/mol. The second-order valence-corrected chi connectivity index (χ2v) is 4.50. The summed E-state index contributed by atoms with van der Waals surface area (Å²) in [5.41, 5.74) is 8.53. The first-order chi connectivity index (χ1) is 9.19. The molecule has 1 heterocycles. The Hall–Kier alpha value is -1.94. The number of rotatable bonds is 5. The Labute approximate surface area is 112 Å². The first kappa shape index (κ1) is 13.5. The van der Waals surface area contributed by atoms with Crippen LogP contribution in [0.5, 0.6) is 0 Å². The van der Waals surface area contributed by atoms with Crippen LogP contribution in [0.25, 0.3) is 0 Å². The van der Waals surface area contributed by atoms with Crippen molar-refractivity contribution in [3.8, 4) is 0 Å². The largest absolute Gasteiger partial charge is 0.398 e. The molecule has 0 saturated heterocycles. The average Bonchev–Trinajstić information content (AvgIpc) is 2.43. The summed E-state index contributed by atoms with van der Waals surface area (Å²) < 4.78 is 13.2. The molecule has 0 bridgehead atoms. The lowest BCUT2D eigenvalue weighted by molar-refractivity contribution is 0.271. The van der Waals surface area contributed by atoms with Crippen molar-refractivity contribution in [1.82, 2.24) is 9.88 Å². The van der Waals surface area contributed by atoms with Crippen molar-refractivity contribution in [2.24, 2.45) is 0 Å². The first-order valence-electron chi connectivity index (χ1n) is 6.34. The van der Waals surface area contributed by atoms with Crippen molar-refractivity contribution >= 4 is 5.69 Å². The van der Waals surface area contributed by atoms with Crippen LogP contribution < -0.4 is 5.73 Å². The maximum atomic E-state index is 13.2. The predicted octanol–water partition coefficient (Wildman–Crippen LogP) is 2.83. The molecular weight excluding hydrogens is 241 g/mol. The fourth-order valence-electron chi connectivity index (χ4n) is 1.98. The highest BCUT2D eigenvalue weighted by Crippen LogP contribution is 2.17. The summed E-state index contributed by atoms with van der Waals surface area (Å²) in [7, 11) is 0. The van der Waals surface area contributed by atoms with Gasteiger partial charge in [0.2, 0.25) is 0 Å². The summed E-state index contributed by atoms with van der Waals surface area (Å²) in [5.74, 6) is -0.246. The van der Waals surface area contributed by atoms with Gasteiger partial charge in [-0.3, -0.25) is 9.88 Å². The van der Waals surface area contributed by atoms with Crippen molar-refractivity contribution in [1.29, 1.82) is 0 Å². The standard InChI is InChI=1S/C15H18FN3/c1-2-19(10-12-5-7-18-8-6-12)11-13-9-14(16)3-4-15(13)17/h3-9H,2,10-11,17H2,1H3. The van der Waals surface area contributed by atoms with E-state index in [1.807, 2.05) is 12.1 Å². The summed E-state index contributed by atoms with van der Waals surface area (Å²) in [6, 6.07) is 8.47. The van der Waals surface area contributed by atoms with Gasteiger partial charge in [-0.2, -0.15) is 0 Å². The van der Waals surface area contributed by atoms with Crippen LogP contribution in [-0.4, -0.2) is 16.4 Å². The van der Waals surface area contributed by atoms with Crippen LogP contribution in [0.15, 0.2) is 42.7 Å². The van der Waals surface area contributed by atoms with Crippen molar-refractivity contribution in [3.05, 3.63) is 59.7 Å². The second kappa shape index (κ2) is 6.29. The zero-order chi connectivity index (χ0) is 13.7. The maximum Gasteiger partial charge on any atom is 0.123 e. The van der Waals surface area contributed by atoms with Crippen molar-refractivity contribution in [3.63, 3.8) is 0 Å². The van der Waals surface area contributed by atoms with Crippen molar-refractivity contribution in [2.75, 3.05) is 12.3 Å². The number of aromatic nitrogens is 1. The number of benzene rings is 1. The van der Waals surface area contributed by atoms with Gasteiger partial charge in [-0.15, -0.1) is 0 Å². The Morgan fingerprint density at radius 1 is 1.16 bits per heavy atom. The minimum atomic E-state index is -0.246. The Morgan fingerprint density at radius 2 is 1.89 bits per heavy atom. The SMILES string of the molecule is CCN(Cc1ccncc1)Cc1cc(F)ccc1N. The van der Waals surface area contributed by atoms with E-state index in [1.165, 1.54) is 17.7 Å². The molecular formula is C15H18FN3. The highest BCUT2D eigenvalue weighted by molar-refractivity contribution is 5.46. The Morgan fingerprint density at radius 3 is 2.58 bits per heavy atom. The molecule has 0 aliphatic carbocycles. The van der Waals surface area contributed by atoms with Crippen LogP contribution in [-0.2, 0) is 13.1 Å². The summed E-state index contributed by atoms with van der Waals surface area (Å²) in [4.78, 5) is 6.21. The van der Waals surface area contributed by atoms with E-state index in [2.05, 4.69) is 16.8 Å². The Balaban J connectivity index is 2.09. The number of anilines is 1. The Kier molecular flexibility index (Phi) is 4.47. The van der Waals surface area contributed by atoms with E-state index >= 15 is 0 Å². The normalized spacial score (nSPS) is 10.9. The number of nitrogen functional groups attached to an aromatic ring is 1. The van der Waals surface area contributed by atoms with Gasteiger partial charge in [0.25, 0.3) is 0 Å². The zero-order valence-electron chi connectivity index (χ0n) is 11.0. The third-order valence-corrected chi connectivity index (χ3v) is 3.10. The van der Waals surface area contributed by atoms with E-state index in [4.69, 9.17) is 5.73 Å². The number of halogens is 1. The third-order valence-electron chi connectivity index (χ3n) is 3.10. The molecule has 0 atom stereocenters. The van der Waals surface area contributed by atoms with Gasteiger partial charge >= 0.3 is 0 Å². The number of hydrogen-bond acceptors (Lipinski definition) is 3. The summed E-state index contributed by atoms with van der Waals surface area (Å²) in [6.45, 7) is 4.40. The lowest BCUT2D eigenvalue weighted by atomic mass is 10.1. The van der Waals surface area contributed by atoms with Crippen molar-refractivity contribution in [2.45, 2.75) is 20.0 Å². The molecule has 1 aromatic carbocycles. The molecule has 2 aromatic rings. The van der Waals surface area contributed by atoms with Gasteiger partial charge in [0.05, 0.1) is 0 Å². The maximum absolute atomic E-state index is 13.2. The van der Waals surface area contributed by atoms with E-state index in [0.29, 0.717) is 12.2 Å². The van der Waals surface area contributed by atoms with Gasteiger partial charge in [-0.25, -0.2) is 4.39 Å². The molecule has 1 aromatic heterocycles. The fourth-order valence-corrected chi connectivity index (χ4v) is 1.98. The van der Waals surface area contributed by atoms with E-state index in [-0.39, 0.29) is 5.82 Å². The van der Waals surface area contributed by atoms with Crippen LogP contribution in [0.2, 0.25) is 0 Å². The third kappa shape index (κ3) is 3.76. The van der Waals surface area contributed by atoms with Crippen LogP contribution >= 0.6 is 0 Å². The minimum absolute atomic E-state index is 0.246. The van der Waals surface area contributed by atoms with Gasteiger partial charge in [-0.05, 0) is 48.0 Å². The topological polar surface area (TPSA) is 42.2 Å². The van der Waals surface area contributed by atoms with Crippen molar-refractivity contribution < 1.29 is 4.39 Å². The number of hydrogen-bond donors (Lipinski definition) is 1. The Bertz CT molecular complexity index is 528. The van der Waals surface area contributed by atoms with Gasteiger partial charge in [0.15, 0.2) is 0 Å². The molecule has 0 aliphatic heterocycles. The average molecular weight is 259 g/mol. The molecule has 19 heavy (non-hydrogen) atoms. The van der Waals surface area contributed by atoms with E-state index in [1.54, 1.807) is 18.5 Å². The van der Waals surface area contributed by atoms with Gasteiger partial charge < -0.3 is 5.73 Å². The quantitative estimate of drug-likeness (QED) is 0.840. The number of nitrogens with two attached hydrogens (primary N) is 1. The highest BCUT2D eigenvalue weighted by Gasteiger charge is 2.08. The summed E-state index contributed by atoms with van der Waals surface area (Å²) in [5, 5.41) is 0. The molecule has 100 valence electrons. The lowest BCUT2D eigenvalue weighted by Crippen LogP contribution is -2.23. The molecule has 3 nitrogen and oxygen atoms in total. The molecule has 4 heteroatoms. The second-order valence-electron chi connectivity index (χ2n) is 4.50. The van der Waals surface area contributed by atoms with E-state index in [9.17, 15) is 4.39 Å². The highest BCUT2D eigenvalue weighted by atomic mass is 19.1. The molecule has 0 saturated carbocycles. The van der Waals surface area contributed by atoms with Crippen LogP contribution in [0, 0.1) is 5.82 Å². The smallest absolute Gasteiger partial charge is 0.123 e. The summed E-state index contributed by atoms with van der Waals surface area (Å²) >= 11 is 0. The lowest BCUT2D eigenvalue weighted by Gasteiger charge is -2.21. The molecule has 0 fully saturated rings. The van der Waals surface area contributed by atoms with Gasteiger partial charge in [0.1, 0.15) is 5.82 Å². The molecule has 0 aliphatic rings. The molecule has 2 N–H and O–H groups in total. The monoisotopic (exact) mass is 259 g/mol. The van der Waals surface area contributed by atoms with E-state index in [0.717, 1.165) is 18.7 Å². The first-order valence-corrected chi connectivity index (χ1v) is 6.34. The number of pyridine rings is 1. The molecule has 0 radical (unpaired) electrons.